The van der Waals surface area contributed by atoms with Crippen molar-refractivity contribution in [1.82, 2.24) is 15.1 Å². The topological polar surface area (TPSA) is 61.9 Å². The predicted molar refractivity (Wildman–Crippen MR) is 104 cm³/mol. The summed E-state index contributed by atoms with van der Waals surface area (Å²) in [5.74, 6) is 1.73. The second kappa shape index (κ2) is 9.74. The van der Waals surface area contributed by atoms with Gasteiger partial charge in [-0.25, -0.2) is 0 Å². The van der Waals surface area contributed by atoms with Gasteiger partial charge in [-0.2, -0.15) is 0 Å². The highest BCUT2D eigenvalue weighted by Crippen LogP contribution is 2.24. The summed E-state index contributed by atoms with van der Waals surface area (Å²) in [6.07, 6.45) is 3.68. The van der Waals surface area contributed by atoms with Crippen molar-refractivity contribution >= 4 is 11.8 Å². The molecule has 0 atom stereocenters. The molecule has 1 aromatic carbocycles. The number of hydrogen-bond acceptors (Lipinski definition) is 4. The lowest BCUT2D eigenvalue weighted by Crippen LogP contribution is -2.47. The first-order chi connectivity index (χ1) is 13.2. The van der Waals surface area contributed by atoms with Crippen LogP contribution in [0.3, 0.4) is 0 Å². The number of para-hydroxylation sites is 1. The molecule has 148 valence electrons. The average molecular weight is 373 g/mol. The van der Waals surface area contributed by atoms with Crippen molar-refractivity contribution in [3.05, 3.63) is 30.3 Å². The first-order valence-corrected chi connectivity index (χ1v) is 10.1. The number of piperidine rings is 2. The van der Waals surface area contributed by atoms with Gasteiger partial charge in [-0.1, -0.05) is 18.2 Å². The number of nitrogens with zero attached hydrogens (tertiary/aromatic N) is 2. The highest BCUT2D eigenvalue weighted by atomic mass is 16.5. The van der Waals surface area contributed by atoms with Crippen LogP contribution >= 0.6 is 0 Å². The Kier molecular flexibility index (Phi) is 7.10. The maximum absolute atomic E-state index is 12.8. The predicted octanol–water partition coefficient (Wildman–Crippen LogP) is 1.76. The molecule has 0 aromatic heterocycles. The van der Waals surface area contributed by atoms with E-state index in [1.165, 1.54) is 0 Å². The molecule has 0 aliphatic carbocycles. The van der Waals surface area contributed by atoms with Crippen molar-refractivity contribution in [2.45, 2.75) is 25.7 Å². The number of hydrogen-bond donors (Lipinski definition) is 1. The van der Waals surface area contributed by atoms with E-state index in [2.05, 4.69) is 5.32 Å². The van der Waals surface area contributed by atoms with E-state index in [1.54, 1.807) is 0 Å². The van der Waals surface area contributed by atoms with Gasteiger partial charge in [0.25, 0.3) is 5.91 Å². The summed E-state index contributed by atoms with van der Waals surface area (Å²) in [7, 11) is 1.98. The van der Waals surface area contributed by atoms with Crippen LogP contribution in [0.15, 0.2) is 30.3 Å². The molecule has 2 aliphatic heterocycles. The Bertz CT molecular complexity index is 606. The van der Waals surface area contributed by atoms with Crippen molar-refractivity contribution in [2.75, 3.05) is 46.4 Å². The fraction of sp³-hybridized carbons (Fsp3) is 0.619. The molecule has 1 N–H and O–H groups in total. The van der Waals surface area contributed by atoms with Crippen LogP contribution in [0.1, 0.15) is 25.7 Å². The summed E-state index contributed by atoms with van der Waals surface area (Å²) in [5, 5.41) is 3.23. The molecule has 2 aliphatic rings. The Balaban J connectivity index is 1.39. The third-order valence-electron chi connectivity index (χ3n) is 5.72. The normalized spacial score (nSPS) is 19.1. The van der Waals surface area contributed by atoms with Crippen molar-refractivity contribution < 1.29 is 14.3 Å². The second-order valence-corrected chi connectivity index (χ2v) is 7.58. The van der Waals surface area contributed by atoms with Crippen LogP contribution in [0.4, 0.5) is 0 Å². The van der Waals surface area contributed by atoms with Gasteiger partial charge in [0, 0.05) is 32.1 Å². The maximum Gasteiger partial charge on any atom is 0.260 e. The third-order valence-corrected chi connectivity index (χ3v) is 5.72. The fourth-order valence-corrected chi connectivity index (χ4v) is 4.03. The van der Waals surface area contributed by atoms with Gasteiger partial charge in [0.05, 0.1) is 0 Å². The molecule has 3 rings (SSSR count). The maximum atomic E-state index is 12.8. The highest BCUT2D eigenvalue weighted by molar-refractivity contribution is 5.80. The summed E-state index contributed by atoms with van der Waals surface area (Å²) in [4.78, 5) is 29.0. The highest BCUT2D eigenvalue weighted by Gasteiger charge is 2.32. The quantitative estimate of drug-likeness (QED) is 0.825. The molecule has 2 amide bonds. The molecule has 0 saturated carbocycles. The Hall–Kier alpha value is -2.08. The van der Waals surface area contributed by atoms with Gasteiger partial charge in [0.2, 0.25) is 5.91 Å². The summed E-state index contributed by atoms with van der Waals surface area (Å²) in [5.41, 5.74) is 0. The molecule has 27 heavy (non-hydrogen) atoms. The summed E-state index contributed by atoms with van der Waals surface area (Å²) >= 11 is 0. The molecule has 0 unspecified atom stereocenters. The lowest BCUT2D eigenvalue weighted by atomic mass is 9.92. The molecule has 0 bridgehead atoms. The molecule has 6 nitrogen and oxygen atoms in total. The number of carbonyl (C=O) groups excluding carboxylic acids is 2. The number of rotatable bonds is 6. The van der Waals surface area contributed by atoms with Gasteiger partial charge in [-0.3, -0.25) is 9.59 Å². The van der Waals surface area contributed by atoms with Crippen molar-refractivity contribution in [2.24, 2.45) is 11.8 Å². The fourth-order valence-electron chi connectivity index (χ4n) is 4.03. The Morgan fingerprint density at radius 3 is 2.26 bits per heavy atom. The van der Waals surface area contributed by atoms with E-state index in [9.17, 15) is 9.59 Å². The van der Waals surface area contributed by atoms with Gasteiger partial charge < -0.3 is 19.9 Å². The zero-order valence-electron chi connectivity index (χ0n) is 16.2. The average Bonchev–Trinajstić information content (AvgIpc) is 2.73. The van der Waals surface area contributed by atoms with E-state index in [0.29, 0.717) is 24.8 Å². The molecule has 2 fully saturated rings. The van der Waals surface area contributed by atoms with Gasteiger partial charge in [0.1, 0.15) is 5.75 Å². The Morgan fingerprint density at radius 1 is 1.00 bits per heavy atom. The van der Waals surface area contributed by atoms with Gasteiger partial charge in [0.15, 0.2) is 6.61 Å². The molecule has 1 aromatic rings. The third kappa shape index (κ3) is 5.45. The first-order valence-electron chi connectivity index (χ1n) is 10.1. The summed E-state index contributed by atoms with van der Waals surface area (Å²) < 4.78 is 5.55. The molecule has 2 saturated heterocycles. The number of likely N-dealkylation sites (tertiary alicyclic amines) is 2. The smallest absolute Gasteiger partial charge is 0.260 e. The van der Waals surface area contributed by atoms with E-state index in [0.717, 1.165) is 45.3 Å². The van der Waals surface area contributed by atoms with E-state index in [-0.39, 0.29) is 24.3 Å². The Labute approximate surface area is 161 Å². The van der Waals surface area contributed by atoms with Crippen LogP contribution in [-0.2, 0) is 9.59 Å². The minimum absolute atomic E-state index is 0.00219. The molecular weight excluding hydrogens is 342 g/mol. The molecule has 2 heterocycles. The lowest BCUT2D eigenvalue weighted by Gasteiger charge is -2.37. The van der Waals surface area contributed by atoms with Crippen LogP contribution < -0.4 is 10.1 Å². The van der Waals surface area contributed by atoms with Gasteiger partial charge in [-0.05, 0) is 57.3 Å². The van der Waals surface area contributed by atoms with Crippen LogP contribution in [-0.4, -0.2) is 68.0 Å². The zero-order chi connectivity index (χ0) is 19.1. The molecule has 0 spiro atoms. The minimum Gasteiger partial charge on any atom is -0.484 e. The van der Waals surface area contributed by atoms with Crippen LogP contribution in [0.2, 0.25) is 0 Å². The Morgan fingerprint density at radius 2 is 1.63 bits per heavy atom. The number of benzene rings is 1. The largest absolute Gasteiger partial charge is 0.484 e. The first kappa shape index (κ1) is 19.7. The SMILES string of the molecule is CNCC1CCN(C(=O)C2CCN(C(=O)COc3ccccc3)CC2)CC1. The zero-order valence-corrected chi connectivity index (χ0v) is 16.2. The van der Waals surface area contributed by atoms with E-state index >= 15 is 0 Å². The molecule has 0 radical (unpaired) electrons. The van der Waals surface area contributed by atoms with E-state index in [4.69, 9.17) is 4.74 Å². The van der Waals surface area contributed by atoms with Crippen LogP contribution in [0.25, 0.3) is 0 Å². The second-order valence-electron chi connectivity index (χ2n) is 7.58. The van der Waals surface area contributed by atoms with Crippen molar-refractivity contribution in [3.8, 4) is 5.75 Å². The number of carbonyl (C=O) groups is 2. The van der Waals surface area contributed by atoms with Crippen LogP contribution in [0, 0.1) is 11.8 Å². The van der Waals surface area contributed by atoms with Gasteiger partial charge in [-0.15, -0.1) is 0 Å². The van der Waals surface area contributed by atoms with Crippen molar-refractivity contribution in [3.63, 3.8) is 0 Å². The molecule has 6 heteroatoms. The number of nitrogens with one attached hydrogen (secondary N) is 1. The van der Waals surface area contributed by atoms with E-state index < -0.39 is 0 Å². The van der Waals surface area contributed by atoms with Crippen molar-refractivity contribution in [1.29, 1.82) is 0 Å². The lowest BCUT2D eigenvalue weighted by molar-refractivity contribution is -0.142. The standard InChI is InChI=1S/C21H31N3O3/c1-22-15-17-7-11-24(12-8-17)21(26)18-9-13-23(14-10-18)20(25)16-27-19-5-3-2-4-6-19/h2-6,17-18,22H,7-16H2,1H3. The number of amides is 2. The minimum atomic E-state index is -0.00219. The summed E-state index contributed by atoms with van der Waals surface area (Å²) in [6, 6.07) is 9.38. The van der Waals surface area contributed by atoms with Crippen LogP contribution in [0.5, 0.6) is 5.75 Å². The summed E-state index contributed by atoms with van der Waals surface area (Å²) in [6.45, 7) is 4.12. The van der Waals surface area contributed by atoms with Gasteiger partial charge >= 0.3 is 0 Å². The van der Waals surface area contributed by atoms with E-state index in [1.807, 2.05) is 47.2 Å². The number of ether oxygens (including phenoxy) is 1. The molecular formula is C21H31N3O3. The monoisotopic (exact) mass is 373 g/mol.